The first-order chi connectivity index (χ1) is 15.8. The van der Waals surface area contributed by atoms with E-state index in [1.807, 2.05) is 21.5 Å². The summed E-state index contributed by atoms with van der Waals surface area (Å²) in [6.07, 6.45) is 8.02. The Bertz CT molecular complexity index is 1040. The van der Waals surface area contributed by atoms with Gasteiger partial charge in [-0.2, -0.15) is 4.52 Å². The van der Waals surface area contributed by atoms with Gasteiger partial charge in [0.2, 0.25) is 5.91 Å². The molecule has 1 aromatic carbocycles. The zero-order chi connectivity index (χ0) is 21.8. The van der Waals surface area contributed by atoms with Gasteiger partial charge >= 0.3 is 0 Å². The van der Waals surface area contributed by atoms with Gasteiger partial charge in [0.15, 0.2) is 11.5 Å². The van der Waals surface area contributed by atoms with Crippen molar-refractivity contribution in [3.05, 3.63) is 53.9 Å². The molecule has 2 fully saturated rings. The molecule has 0 unspecified atom stereocenters. The van der Waals surface area contributed by atoms with Crippen LogP contribution in [0.15, 0.2) is 42.5 Å². The standard InChI is InChI=1S/C25H32N6O/c32-25(30-17-13-21(14-18-30)19-20-7-3-1-4-8-20)12-11-23-27-26-22-9-10-24(28-31(22)23)29-15-5-2-6-16-29/h1,3-4,7-10,21H,2,5-6,11-19H2. The van der Waals surface area contributed by atoms with E-state index in [0.29, 0.717) is 18.8 Å². The lowest BCUT2D eigenvalue weighted by molar-refractivity contribution is -0.132. The lowest BCUT2D eigenvalue weighted by Crippen LogP contribution is -2.39. The number of likely N-dealkylation sites (tertiary alicyclic amines) is 1. The van der Waals surface area contributed by atoms with Crippen molar-refractivity contribution < 1.29 is 4.79 Å². The van der Waals surface area contributed by atoms with E-state index in [9.17, 15) is 4.79 Å². The van der Waals surface area contributed by atoms with Gasteiger partial charge < -0.3 is 9.80 Å². The number of anilines is 1. The fourth-order valence-corrected chi connectivity index (χ4v) is 4.98. The SMILES string of the molecule is O=C(CCc1nnc2ccc(N3CCCCC3)nn12)N1CCC(Cc2ccccc2)CC1. The highest BCUT2D eigenvalue weighted by molar-refractivity contribution is 5.76. The van der Waals surface area contributed by atoms with E-state index in [2.05, 4.69) is 45.4 Å². The minimum absolute atomic E-state index is 0.215. The lowest BCUT2D eigenvalue weighted by atomic mass is 9.90. The molecule has 1 amide bonds. The van der Waals surface area contributed by atoms with Crippen molar-refractivity contribution in [1.29, 1.82) is 0 Å². The molecule has 5 rings (SSSR count). The molecule has 2 aliphatic rings. The molecule has 32 heavy (non-hydrogen) atoms. The van der Waals surface area contributed by atoms with Crippen LogP contribution in [0.2, 0.25) is 0 Å². The van der Waals surface area contributed by atoms with Gasteiger partial charge in [0, 0.05) is 39.0 Å². The largest absolute Gasteiger partial charge is 0.355 e. The van der Waals surface area contributed by atoms with Gasteiger partial charge in [0.05, 0.1) is 0 Å². The smallest absolute Gasteiger partial charge is 0.223 e. The Hall–Kier alpha value is -2.96. The fourth-order valence-electron chi connectivity index (χ4n) is 4.98. The summed E-state index contributed by atoms with van der Waals surface area (Å²) in [5, 5.41) is 13.4. The average Bonchev–Trinajstić information content (AvgIpc) is 3.26. The molecule has 0 bridgehead atoms. The monoisotopic (exact) mass is 432 g/mol. The molecule has 0 aliphatic carbocycles. The third-order valence-electron chi connectivity index (χ3n) is 6.89. The molecule has 3 aromatic rings. The van der Waals surface area contributed by atoms with Crippen LogP contribution in [0.5, 0.6) is 0 Å². The number of carbonyl (C=O) groups excluding carboxylic acids is 1. The third kappa shape index (κ3) is 4.76. The minimum Gasteiger partial charge on any atom is -0.355 e. The maximum atomic E-state index is 12.8. The lowest BCUT2D eigenvalue weighted by Gasteiger charge is -2.32. The highest BCUT2D eigenvalue weighted by atomic mass is 16.2. The average molecular weight is 433 g/mol. The summed E-state index contributed by atoms with van der Waals surface area (Å²) in [5.74, 6) is 2.63. The molecule has 4 heterocycles. The van der Waals surface area contributed by atoms with Gasteiger partial charge in [-0.05, 0) is 62.1 Å². The molecule has 7 nitrogen and oxygen atoms in total. The zero-order valence-electron chi connectivity index (χ0n) is 18.7. The Morgan fingerprint density at radius 1 is 0.906 bits per heavy atom. The maximum Gasteiger partial charge on any atom is 0.223 e. The minimum atomic E-state index is 0.215. The number of aryl methyl sites for hydroxylation is 1. The van der Waals surface area contributed by atoms with Crippen LogP contribution in [0.1, 0.15) is 49.9 Å². The number of carbonyl (C=O) groups is 1. The fraction of sp³-hybridized carbons (Fsp3) is 0.520. The first-order valence-corrected chi connectivity index (χ1v) is 12.0. The summed E-state index contributed by atoms with van der Waals surface area (Å²) < 4.78 is 1.82. The van der Waals surface area contributed by atoms with Crippen LogP contribution in [0.4, 0.5) is 5.82 Å². The number of nitrogens with zero attached hydrogens (tertiary/aromatic N) is 6. The first kappa shape index (κ1) is 20.9. The number of aromatic nitrogens is 4. The molecule has 168 valence electrons. The second kappa shape index (κ2) is 9.67. The Morgan fingerprint density at radius 3 is 2.47 bits per heavy atom. The van der Waals surface area contributed by atoms with Crippen molar-refractivity contribution in [1.82, 2.24) is 24.7 Å². The number of hydrogen-bond acceptors (Lipinski definition) is 5. The van der Waals surface area contributed by atoms with Crippen LogP contribution >= 0.6 is 0 Å². The Morgan fingerprint density at radius 2 is 1.69 bits per heavy atom. The quantitative estimate of drug-likeness (QED) is 0.596. The van der Waals surface area contributed by atoms with Crippen molar-refractivity contribution in [3.63, 3.8) is 0 Å². The van der Waals surface area contributed by atoms with Crippen molar-refractivity contribution in [3.8, 4) is 0 Å². The van der Waals surface area contributed by atoms with Gasteiger partial charge in [0.1, 0.15) is 5.82 Å². The second-order valence-corrected chi connectivity index (χ2v) is 9.14. The van der Waals surface area contributed by atoms with Crippen molar-refractivity contribution in [2.24, 2.45) is 5.92 Å². The van der Waals surface area contributed by atoms with E-state index < -0.39 is 0 Å². The molecule has 7 heteroatoms. The molecular weight excluding hydrogens is 400 g/mol. The van der Waals surface area contributed by atoms with Crippen molar-refractivity contribution in [2.75, 3.05) is 31.1 Å². The van der Waals surface area contributed by atoms with Crippen molar-refractivity contribution >= 4 is 17.4 Å². The number of hydrogen-bond donors (Lipinski definition) is 0. The van der Waals surface area contributed by atoms with Crippen molar-refractivity contribution in [2.45, 2.75) is 51.4 Å². The normalized spacial score (nSPS) is 17.8. The molecule has 2 saturated heterocycles. The molecule has 0 N–H and O–H groups in total. The van der Waals surface area contributed by atoms with Crippen LogP contribution in [0.3, 0.4) is 0 Å². The van der Waals surface area contributed by atoms with Gasteiger partial charge in [-0.3, -0.25) is 4.79 Å². The van der Waals surface area contributed by atoms with E-state index in [-0.39, 0.29) is 5.91 Å². The Labute approximate surface area is 189 Å². The van der Waals surface area contributed by atoms with Crippen LogP contribution < -0.4 is 4.90 Å². The molecule has 0 atom stereocenters. The highest BCUT2D eigenvalue weighted by Gasteiger charge is 2.23. The number of amides is 1. The molecule has 0 radical (unpaired) electrons. The first-order valence-electron chi connectivity index (χ1n) is 12.0. The summed E-state index contributed by atoms with van der Waals surface area (Å²) in [6.45, 7) is 3.81. The Kier molecular flexibility index (Phi) is 6.32. The van der Waals surface area contributed by atoms with Gasteiger partial charge in [0.25, 0.3) is 0 Å². The van der Waals surface area contributed by atoms with E-state index in [4.69, 9.17) is 5.10 Å². The molecule has 2 aromatic heterocycles. The van der Waals surface area contributed by atoms with Crippen LogP contribution in [0, 0.1) is 5.92 Å². The molecular formula is C25H32N6O. The van der Waals surface area contributed by atoms with Gasteiger partial charge in [-0.15, -0.1) is 15.3 Å². The number of fused-ring (bicyclic) bond motifs is 1. The topological polar surface area (TPSA) is 66.6 Å². The van der Waals surface area contributed by atoms with Crippen LogP contribution in [-0.2, 0) is 17.6 Å². The number of benzene rings is 1. The predicted molar refractivity (Wildman–Crippen MR) is 125 cm³/mol. The maximum absolute atomic E-state index is 12.8. The summed E-state index contributed by atoms with van der Waals surface area (Å²) in [4.78, 5) is 17.2. The number of rotatable bonds is 6. The summed E-state index contributed by atoms with van der Waals surface area (Å²) >= 11 is 0. The van der Waals surface area contributed by atoms with Gasteiger partial charge in [-0.25, -0.2) is 0 Å². The predicted octanol–water partition coefficient (Wildman–Crippen LogP) is 3.53. The second-order valence-electron chi connectivity index (χ2n) is 9.14. The number of piperidine rings is 2. The zero-order valence-corrected chi connectivity index (χ0v) is 18.7. The van der Waals surface area contributed by atoms with E-state index >= 15 is 0 Å². The summed E-state index contributed by atoms with van der Waals surface area (Å²) in [6, 6.07) is 14.7. The molecule has 2 aliphatic heterocycles. The summed E-state index contributed by atoms with van der Waals surface area (Å²) in [5.41, 5.74) is 2.14. The summed E-state index contributed by atoms with van der Waals surface area (Å²) in [7, 11) is 0. The molecule has 0 spiro atoms. The van der Waals surface area contributed by atoms with Crippen LogP contribution in [0.25, 0.3) is 5.65 Å². The third-order valence-corrected chi connectivity index (χ3v) is 6.89. The van der Waals surface area contributed by atoms with Crippen LogP contribution in [-0.4, -0.2) is 56.8 Å². The Balaban J connectivity index is 1.15. The molecule has 0 saturated carbocycles. The highest BCUT2D eigenvalue weighted by Crippen LogP contribution is 2.23. The van der Waals surface area contributed by atoms with Gasteiger partial charge in [-0.1, -0.05) is 30.3 Å². The van der Waals surface area contributed by atoms with E-state index in [1.54, 1.807) is 0 Å². The van der Waals surface area contributed by atoms with E-state index in [1.165, 1.54) is 24.8 Å². The van der Waals surface area contributed by atoms with E-state index in [0.717, 1.165) is 62.7 Å².